The van der Waals surface area contributed by atoms with Gasteiger partial charge in [0.15, 0.2) is 5.13 Å². The zero-order chi connectivity index (χ0) is 23.3. The van der Waals surface area contributed by atoms with Gasteiger partial charge >= 0.3 is 6.18 Å². The Morgan fingerprint density at radius 2 is 1.97 bits per heavy atom. The number of halogens is 4. The van der Waals surface area contributed by atoms with E-state index in [2.05, 4.69) is 20.9 Å². The van der Waals surface area contributed by atoms with Crippen molar-refractivity contribution < 1.29 is 22.8 Å². The van der Waals surface area contributed by atoms with Crippen LogP contribution in [0.3, 0.4) is 0 Å². The number of benzene rings is 1. The van der Waals surface area contributed by atoms with Crippen LogP contribution >= 0.6 is 22.9 Å². The molecule has 1 aliphatic carbocycles. The Labute approximate surface area is 192 Å². The van der Waals surface area contributed by atoms with Crippen LogP contribution in [0.25, 0.3) is 0 Å². The SMILES string of the molecule is CNc1c(C(=O)NC(CC2CCCCC2)C(=O)Nc2ncc(Cl)s2)cccc1C(F)(F)F. The third-order valence-corrected chi connectivity index (χ3v) is 6.52. The molecule has 32 heavy (non-hydrogen) atoms. The summed E-state index contributed by atoms with van der Waals surface area (Å²) in [6, 6.07) is 2.45. The number of hydrogen-bond acceptors (Lipinski definition) is 5. The molecule has 0 spiro atoms. The molecule has 3 rings (SSSR count). The van der Waals surface area contributed by atoms with Gasteiger partial charge in [-0.25, -0.2) is 4.98 Å². The second kappa shape index (κ2) is 10.5. The van der Waals surface area contributed by atoms with Crippen LogP contribution in [0.2, 0.25) is 4.34 Å². The number of alkyl halides is 3. The fourth-order valence-corrected chi connectivity index (χ4v) is 4.79. The molecule has 1 fully saturated rings. The number of amides is 2. The Morgan fingerprint density at radius 3 is 2.56 bits per heavy atom. The van der Waals surface area contributed by atoms with Crippen molar-refractivity contribution in [2.45, 2.75) is 50.7 Å². The Bertz CT molecular complexity index is 961. The molecule has 1 aromatic heterocycles. The summed E-state index contributed by atoms with van der Waals surface area (Å²) < 4.78 is 40.5. The zero-order valence-electron chi connectivity index (χ0n) is 17.4. The maximum atomic E-state index is 13.4. The van der Waals surface area contributed by atoms with Gasteiger partial charge in [0.1, 0.15) is 10.4 Å². The molecule has 0 aliphatic heterocycles. The number of nitrogens with one attached hydrogen (secondary N) is 3. The van der Waals surface area contributed by atoms with Crippen molar-refractivity contribution in [2.24, 2.45) is 5.92 Å². The van der Waals surface area contributed by atoms with Crippen molar-refractivity contribution in [3.05, 3.63) is 39.9 Å². The summed E-state index contributed by atoms with van der Waals surface area (Å²) in [6.07, 6.45) is 2.27. The first-order valence-corrected chi connectivity index (χ1v) is 11.5. The van der Waals surface area contributed by atoms with Crippen molar-refractivity contribution in [3.8, 4) is 0 Å². The van der Waals surface area contributed by atoms with Gasteiger partial charge in [-0.05, 0) is 24.5 Å². The van der Waals surface area contributed by atoms with Gasteiger partial charge in [-0.15, -0.1) is 0 Å². The van der Waals surface area contributed by atoms with E-state index in [1.165, 1.54) is 25.4 Å². The topological polar surface area (TPSA) is 83.1 Å². The van der Waals surface area contributed by atoms with Crippen LogP contribution in [0.4, 0.5) is 24.0 Å². The van der Waals surface area contributed by atoms with Gasteiger partial charge in [-0.2, -0.15) is 13.2 Å². The van der Waals surface area contributed by atoms with Crippen molar-refractivity contribution in [2.75, 3.05) is 17.7 Å². The highest BCUT2D eigenvalue weighted by molar-refractivity contribution is 7.19. The van der Waals surface area contributed by atoms with Crippen LogP contribution in [0, 0.1) is 5.92 Å². The molecule has 174 valence electrons. The van der Waals surface area contributed by atoms with Gasteiger partial charge in [-0.1, -0.05) is 61.1 Å². The van der Waals surface area contributed by atoms with Crippen molar-refractivity contribution >= 4 is 45.6 Å². The minimum absolute atomic E-state index is 0.180. The summed E-state index contributed by atoms with van der Waals surface area (Å²) in [6.45, 7) is 0. The van der Waals surface area contributed by atoms with Crippen LogP contribution in [0.1, 0.15) is 54.4 Å². The van der Waals surface area contributed by atoms with E-state index in [1.54, 1.807) is 0 Å². The molecule has 1 unspecified atom stereocenters. The number of hydrogen-bond donors (Lipinski definition) is 3. The van der Waals surface area contributed by atoms with Crippen LogP contribution < -0.4 is 16.0 Å². The molecule has 2 amide bonds. The molecule has 2 aromatic rings. The third-order valence-electron chi connectivity index (χ3n) is 5.49. The summed E-state index contributed by atoms with van der Waals surface area (Å²) in [5, 5.41) is 8.06. The Hall–Kier alpha value is -2.33. The number of anilines is 2. The van der Waals surface area contributed by atoms with Gasteiger partial charge in [0, 0.05) is 7.05 Å². The minimum atomic E-state index is -4.63. The molecule has 1 heterocycles. The van der Waals surface area contributed by atoms with Crippen molar-refractivity contribution in [3.63, 3.8) is 0 Å². The number of aromatic nitrogens is 1. The maximum absolute atomic E-state index is 13.4. The monoisotopic (exact) mass is 488 g/mol. The normalized spacial score (nSPS) is 15.8. The predicted octanol–water partition coefficient (Wildman–Crippen LogP) is 5.56. The number of thiazole rings is 1. The second-order valence-corrected chi connectivity index (χ2v) is 9.36. The Morgan fingerprint density at radius 1 is 1.25 bits per heavy atom. The lowest BCUT2D eigenvalue weighted by molar-refractivity contribution is -0.137. The van der Waals surface area contributed by atoms with Crippen LogP contribution in [-0.4, -0.2) is 29.9 Å². The highest BCUT2D eigenvalue weighted by Gasteiger charge is 2.35. The van der Waals surface area contributed by atoms with Crippen LogP contribution in [0.15, 0.2) is 24.4 Å². The van der Waals surface area contributed by atoms with Crippen molar-refractivity contribution in [1.29, 1.82) is 0 Å². The summed E-state index contributed by atoms with van der Waals surface area (Å²) in [7, 11) is 1.32. The van der Waals surface area contributed by atoms with Crippen LogP contribution in [0.5, 0.6) is 0 Å². The molecule has 0 radical (unpaired) electrons. The highest BCUT2D eigenvalue weighted by atomic mass is 35.5. The van der Waals surface area contributed by atoms with E-state index in [4.69, 9.17) is 11.6 Å². The third kappa shape index (κ3) is 6.13. The standard InChI is InChI=1S/C21H24ClF3N4O2S/c1-26-17-13(8-5-9-14(17)21(23,24)25)18(30)28-15(10-12-6-3-2-4-7-12)19(31)29-20-27-11-16(22)32-20/h5,8-9,11-12,15,26H,2-4,6-7,10H2,1H3,(H,28,30)(H,27,29,31). The maximum Gasteiger partial charge on any atom is 0.418 e. The van der Waals surface area contributed by atoms with Gasteiger partial charge in [0.25, 0.3) is 5.91 Å². The lowest BCUT2D eigenvalue weighted by Crippen LogP contribution is -2.45. The molecule has 1 saturated carbocycles. The first-order valence-electron chi connectivity index (χ1n) is 10.3. The lowest BCUT2D eigenvalue weighted by atomic mass is 9.84. The van der Waals surface area contributed by atoms with E-state index < -0.39 is 29.6 Å². The summed E-state index contributed by atoms with van der Waals surface area (Å²) >= 11 is 6.94. The predicted molar refractivity (Wildman–Crippen MR) is 119 cm³/mol. The summed E-state index contributed by atoms with van der Waals surface area (Å²) in [4.78, 5) is 29.9. The van der Waals surface area contributed by atoms with E-state index in [0.717, 1.165) is 49.5 Å². The summed E-state index contributed by atoms with van der Waals surface area (Å²) in [5.41, 5.74) is -1.46. The van der Waals surface area contributed by atoms with Gasteiger partial charge < -0.3 is 16.0 Å². The van der Waals surface area contributed by atoms with E-state index in [-0.39, 0.29) is 22.3 Å². The molecule has 6 nitrogen and oxygen atoms in total. The van der Waals surface area contributed by atoms with E-state index in [0.29, 0.717) is 10.8 Å². The van der Waals surface area contributed by atoms with Gasteiger partial charge in [0.05, 0.1) is 23.0 Å². The van der Waals surface area contributed by atoms with E-state index in [1.807, 2.05) is 0 Å². The average molecular weight is 489 g/mol. The number of nitrogens with zero attached hydrogens (tertiary/aromatic N) is 1. The largest absolute Gasteiger partial charge is 0.418 e. The fourth-order valence-electron chi connectivity index (χ4n) is 3.98. The first-order chi connectivity index (χ1) is 15.2. The molecule has 0 bridgehead atoms. The molecule has 3 N–H and O–H groups in total. The van der Waals surface area contributed by atoms with E-state index in [9.17, 15) is 22.8 Å². The Kier molecular flexibility index (Phi) is 8.00. The molecular formula is C21H24ClF3N4O2S. The first kappa shape index (κ1) is 24.3. The van der Waals surface area contributed by atoms with Crippen molar-refractivity contribution in [1.82, 2.24) is 10.3 Å². The zero-order valence-corrected chi connectivity index (χ0v) is 19.0. The smallest absolute Gasteiger partial charge is 0.387 e. The molecule has 0 saturated heterocycles. The molecule has 11 heteroatoms. The van der Waals surface area contributed by atoms with Gasteiger partial charge in [-0.3, -0.25) is 9.59 Å². The fraction of sp³-hybridized carbons (Fsp3) is 0.476. The minimum Gasteiger partial charge on any atom is -0.387 e. The van der Waals surface area contributed by atoms with Crippen LogP contribution in [-0.2, 0) is 11.0 Å². The molecular weight excluding hydrogens is 465 g/mol. The second-order valence-electron chi connectivity index (χ2n) is 7.70. The average Bonchev–Trinajstić information content (AvgIpc) is 3.17. The molecule has 1 aromatic carbocycles. The van der Waals surface area contributed by atoms with E-state index >= 15 is 0 Å². The Balaban J connectivity index is 1.83. The lowest BCUT2D eigenvalue weighted by Gasteiger charge is -2.27. The number of para-hydroxylation sites is 1. The molecule has 1 atom stereocenters. The molecule has 1 aliphatic rings. The highest BCUT2D eigenvalue weighted by Crippen LogP contribution is 2.36. The number of carbonyl (C=O) groups excluding carboxylic acids is 2. The van der Waals surface area contributed by atoms with Gasteiger partial charge in [0.2, 0.25) is 5.91 Å². The number of carbonyl (C=O) groups is 2. The quantitative estimate of drug-likeness (QED) is 0.476. The number of rotatable bonds is 7. The summed E-state index contributed by atoms with van der Waals surface area (Å²) in [5.74, 6) is -0.994.